The average Bonchev–Trinajstić information content (AvgIpc) is 3.23. The molecule has 0 aromatic carbocycles. The molecule has 2 aliphatic rings. The molecule has 0 aliphatic heterocycles. The van der Waals surface area contributed by atoms with Crippen LogP contribution < -0.4 is 0 Å². The Bertz CT molecular complexity index is 1000. The van der Waals surface area contributed by atoms with Crippen LogP contribution in [0, 0.1) is 22.7 Å². The van der Waals surface area contributed by atoms with Crippen molar-refractivity contribution < 1.29 is 49.1 Å². The van der Waals surface area contributed by atoms with Crippen molar-refractivity contribution in [1.82, 2.24) is 0 Å². The molecule has 4 N–H and O–H groups in total. The van der Waals surface area contributed by atoms with E-state index in [4.69, 9.17) is 20.1 Å². The molecule has 2 fully saturated rings. The Morgan fingerprint density at radius 1 is 0.974 bits per heavy atom. The molecular weight excluding hydrogens is 508 g/mol. The molecule has 2 saturated carbocycles. The van der Waals surface area contributed by atoms with Gasteiger partial charge in [0.1, 0.15) is 12.4 Å². The summed E-state index contributed by atoms with van der Waals surface area (Å²) in [7, 11) is 0. The van der Waals surface area contributed by atoms with Crippen molar-refractivity contribution in [3.63, 3.8) is 0 Å². The first kappa shape index (κ1) is 35.5. The first-order chi connectivity index (χ1) is 18.0. The van der Waals surface area contributed by atoms with E-state index >= 15 is 0 Å². The average molecular weight is 551 g/mol. The van der Waals surface area contributed by atoms with E-state index in [1.807, 2.05) is 0 Å². The largest absolute Gasteiger partial charge is 0.478 e. The Labute approximate surface area is 230 Å². The number of carboxylic acid groups (broad SMARTS) is 2. The maximum Gasteiger partial charge on any atom is 0.342 e. The minimum atomic E-state index is -1.05. The maximum atomic E-state index is 12.1. The van der Waals surface area contributed by atoms with Crippen LogP contribution in [0.1, 0.15) is 53.4 Å². The smallest absolute Gasteiger partial charge is 0.342 e. The molecule has 2 rings (SSSR count). The summed E-state index contributed by atoms with van der Waals surface area (Å²) in [4.78, 5) is 43.6. The third-order valence-corrected chi connectivity index (χ3v) is 7.71. The van der Waals surface area contributed by atoms with E-state index in [2.05, 4.69) is 51.8 Å². The molecule has 39 heavy (non-hydrogen) atoms. The third-order valence-electron chi connectivity index (χ3n) is 7.71. The van der Waals surface area contributed by atoms with E-state index in [0.717, 1.165) is 25.3 Å². The highest BCUT2D eigenvalue weighted by molar-refractivity contribution is 5.93. The zero-order valence-corrected chi connectivity index (χ0v) is 23.3. The van der Waals surface area contributed by atoms with Crippen LogP contribution in [-0.4, -0.2) is 64.1 Å². The van der Waals surface area contributed by atoms with Gasteiger partial charge in [0.25, 0.3) is 0 Å². The van der Waals surface area contributed by atoms with Crippen molar-refractivity contribution >= 4 is 23.9 Å². The molecule has 218 valence electrons. The number of carboxylic acids is 2. The first-order valence-electron chi connectivity index (χ1n) is 12.4. The lowest BCUT2D eigenvalue weighted by Crippen LogP contribution is -2.34. The molecule has 10 nitrogen and oxygen atoms in total. The lowest BCUT2D eigenvalue weighted by atomic mass is 9.66. The van der Waals surface area contributed by atoms with Crippen LogP contribution in [0.2, 0.25) is 0 Å². The fraction of sp³-hybridized carbons (Fsp3) is 0.517. The van der Waals surface area contributed by atoms with Gasteiger partial charge in [-0.3, -0.25) is 0 Å². The molecule has 0 spiro atoms. The second-order valence-corrected chi connectivity index (χ2v) is 10.1. The quantitative estimate of drug-likeness (QED) is 0.128. The molecular formula is C29H42O10. The van der Waals surface area contributed by atoms with Gasteiger partial charge in [-0.05, 0) is 42.9 Å². The van der Waals surface area contributed by atoms with Crippen LogP contribution in [0.25, 0.3) is 0 Å². The van der Waals surface area contributed by atoms with E-state index in [1.165, 1.54) is 13.0 Å². The van der Waals surface area contributed by atoms with E-state index in [0.29, 0.717) is 11.7 Å². The molecule has 0 saturated heterocycles. The number of ether oxygens (including phenoxy) is 2. The van der Waals surface area contributed by atoms with Gasteiger partial charge in [0.15, 0.2) is 0 Å². The van der Waals surface area contributed by atoms with Crippen LogP contribution in [-0.2, 0) is 28.7 Å². The monoisotopic (exact) mass is 550 g/mol. The minimum absolute atomic E-state index is 0.0245. The molecule has 0 heterocycles. The highest BCUT2D eigenvalue weighted by Crippen LogP contribution is 2.69. The van der Waals surface area contributed by atoms with E-state index < -0.39 is 23.9 Å². The van der Waals surface area contributed by atoms with Gasteiger partial charge in [0, 0.05) is 30.6 Å². The molecule has 1 unspecified atom stereocenters. The van der Waals surface area contributed by atoms with Gasteiger partial charge in [-0.25, -0.2) is 19.2 Å². The zero-order valence-electron chi connectivity index (χ0n) is 23.3. The Kier molecular flexibility index (Phi) is 14.4. The predicted octanol–water partition coefficient (Wildman–Crippen LogP) is 3.81. The van der Waals surface area contributed by atoms with Crippen LogP contribution in [0.3, 0.4) is 0 Å². The van der Waals surface area contributed by atoms with Crippen molar-refractivity contribution in [2.75, 3.05) is 19.8 Å². The maximum absolute atomic E-state index is 12.1. The molecule has 0 aromatic rings. The first-order valence-corrected chi connectivity index (χ1v) is 12.4. The molecule has 0 aromatic heterocycles. The van der Waals surface area contributed by atoms with Gasteiger partial charge in [-0.1, -0.05) is 53.2 Å². The lowest BCUT2D eigenvalue weighted by molar-refractivity contribution is -0.140. The number of esters is 2. The molecule has 2 aliphatic carbocycles. The summed E-state index contributed by atoms with van der Waals surface area (Å²) < 4.78 is 10.0. The molecule has 2 bridgehead atoms. The van der Waals surface area contributed by atoms with Gasteiger partial charge in [0.2, 0.25) is 0 Å². The standard InChI is InChI=1S/C19H26O4.C7H12O4.C3H4O2/c1-7-11(2)17(22)23-15(12(3)16(20)21)14-10-13-8-9-19(14,6)18(13,4)5;1-6(2-3-8)7(10)11-5-4-9;1-2-3(4)5/h7,13-14H,1-2,8-10H2,3-6H3,(H,20,21);8-9H,1-5H2;2H,1H2,(H,4,5)/t13-,14?,19-;;/m1../s1. The molecule has 10 heteroatoms. The van der Waals surface area contributed by atoms with E-state index in [9.17, 15) is 24.3 Å². The number of aliphatic hydroxyl groups is 2. The Morgan fingerprint density at radius 2 is 1.54 bits per heavy atom. The third kappa shape index (κ3) is 9.33. The summed E-state index contributed by atoms with van der Waals surface area (Å²) in [5.74, 6) is -2.47. The normalized spacial score (nSPS) is 22.4. The Hall–Kier alpha value is -3.50. The fourth-order valence-electron chi connectivity index (χ4n) is 4.84. The van der Waals surface area contributed by atoms with Crippen molar-refractivity contribution in [2.45, 2.75) is 53.4 Å². The predicted molar refractivity (Wildman–Crippen MR) is 145 cm³/mol. The number of hydrogen-bond acceptors (Lipinski definition) is 8. The van der Waals surface area contributed by atoms with E-state index in [1.54, 1.807) is 0 Å². The zero-order chi connectivity index (χ0) is 30.6. The van der Waals surface area contributed by atoms with Crippen LogP contribution in [0.15, 0.2) is 60.9 Å². The van der Waals surface area contributed by atoms with E-state index in [-0.39, 0.29) is 59.7 Å². The molecule has 0 radical (unpaired) electrons. The topological polar surface area (TPSA) is 168 Å². The van der Waals surface area contributed by atoms with Crippen molar-refractivity contribution in [1.29, 1.82) is 0 Å². The number of fused-ring (bicyclic) bond motifs is 2. The fourth-order valence-corrected chi connectivity index (χ4v) is 4.84. The highest BCUT2D eigenvalue weighted by atomic mass is 16.5. The summed E-state index contributed by atoms with van der Waals surface area (Å²) in [5.41, 5.74) is 0.488. The van der Waals surface area contributed by atoms with Gasteiger partial charge in [0.05, 0.1) is 17.8 Å². The van der Waals surface area contributed by atoms with Crippen molar-refractivity contribution in [3.05, 3.63) is 60.9 Å². The molecule has 3 atom stereocenters. The van der Waals surface area contributed by atoms with Gasteiger partial charge in [-0.2, -0.15) is 0 Å². The van der Waals surface area contributed by atoms with Crippen molar-refractivity contribution in [2.24, 2.45) is 22.7 Å². The SMILES string of the molecule is C=C(CCO)C(=O)OCCO.C=CC(=C)C(=O)OC(=C(C)C(=O)O)C1C[C@H]2CC[C@@]1(C)C2(C)C.C=CC(=O)O. The summed E-state index contributed by atoms with van der Waals surface area (Å²) in [6, 6.07) is 0. The molecule has 0 amide bonds. The van der Waals surface area contributed by atoms with Crippen LogP contribution >= 0.6 is 0 Å². The van der Waals surface area contributed by atoms with Crippen molar-refractivity contribution in [3.8, 4) is 0 Å². The summed E-state index contributed by atoms with van der Waals surface area (Å²) in [6.45, 7) is 21.3. The van der Waals surface area contributed by atoms with Gasteiger partial charge >= 0.3 is 23.9 Å². The minimum Gasteiger partial charge on any atom is -0.478 e. The second-order valence-electron chi connectivity index (χ2n) is 10.1. The Morgan fingerprint density at radius 3 is 1.90 bits per heavy atom. The second kappa shape index (κ2) is 15.8. The number of allylic oxidation sites excluding steroid dienone is 1. The summed E-state index contributed by atoms with van der Waals surface area (Å²) >= 11 is 0. The number of aliphatic hydroxyl groups excluding tert-OH is 2. The number of rotatable bonds is 11. The van der Waals surface area contributed by atoms with Gasteiger partial charge < -0.3 is 29.9 Å². The number of aliphatic carboxylic acids is 2. The number of carbonyl (C=O) groups is 4. The summed E-state index contributed by atoms with van der Waals surface area (Å²) in [6.07, 6.45) is 5.39. The number of carbonyl (C=O) groups excluding carboxylic acids is 2. The summed E-state index contributed by atoms with van der Waals surface area (Å²) in [5, 5.41) is 33.7. The lowest BCUT2D eigenvalue weighted by Gasteiger charge is -2.40. The van der Waals surface area contributed by atoms with Crippen LogP contribution in [0.5, 0.6) is 0 Å². The number of hydrogen-bond donors (Lipinski definition) is 4. The van der Waals surface area contributed by atoms with Gasteiger partial charge in [-0.15, -0.1) is 0 Å². The highest BCUT2D eigenvalue weighted by Gasteiger charge is 2.63. The van der Waals surface area contributed by atoms with Crippen LogP contribution in [0.4, 0.5) is 0 Å². The Balaban J connectivity index is 0.000000750.